The SMILES string of the molecule is CC(c1ccccc1)N1CCCC[C@@H]1CI. The quantitative estimate of drug-likeness (QED) is 0.598. The zero-order valence-electron chi connectivity index (χ0n) is 9.90. The summed E-state index contributed by atoms with van der Waals surface area (Å²) in [7, 11) is 0. The Hall–Kier alpha value is -0.0900. The van der Waals surface area contributed by atoms with E-state index >= 15 is 0 Å². The van der Waals surface area contributed by atoms with E-state index in [-0.39, 0.29) is 0 Å². The third kappa shape index (κ3) is 2.77. The molecule has 1 heterocycles. The van der Waals surface area contributed by atoms with Gasteiger partial charge in [-0.2, -0.15) is 0 Å². The van der Waals surface area contributed by atoms with E-state index in [1.54, 1.807) is 0 Å². The molecule has 1 aliphatic heterocycles. The van der Waals surface area contributed by atoms with Crippen LogP contribution in [0.5, 0.6) is 0 Å². The minimum absolute atomic E-state index is 0.571. The number of likely N-dealkylation sites (tertiary alicyclic amines) is 1. The Morgan fingerprint density at radius 1 is 1.31 bits per heavy atom. The molecule has 0 amide bonds. The second-order valence-electron chi connectivity index (χ2n) is 4.63. The van der Waals surface area contributed by atoms with Crippen molar-refractivity contribution in [1.29, 1.82) is 0 Å². The highest BCUT2D eigenvalue weighted by atomic mass is 127. The van der Waals surface area contributed by atoms with E-state index in [0.717, 1.165) is 6.04 Å². The van der Waals surface area contributed by atoms with Crippen LogP contribution in [0.2, 0.25) is 0 Å². The van der Waals surface area contributed by atoms with Crippen LogP contribution in [0.4, 0.5) is 0 Å². The van der Waals surface area contributed by atoms with Gasteiger partial charge < -0.3 is 0 Å². The lowest BCUT2D eigenvalue weighted by Gasteiger charge is -2.39. The lowest BCUT2D eigenvalue weighted by atomic mass is 9.98. The van der Waals surface area contributed by atoms with Gasteiger partial charge in [0, 0.05) is 16.5 Å². The highest BCUT2D eigenvalue weighted by molar-refractivity contribution is 14.1. The maximum Gasteiger partial charge on any atom is 0.0323 e. The topological polar surface area (TPSA) is 3.24 Å². The van der Waals surface area contributed by atoms with Crippen molar-refractivity contribution in [2.24, 2.45) is 0 Å². The Balaban J connectivity index is 2.10. The molecule has 2 heteroatoms. The largest absolute Gasteiger partial charge is 0.293 e. The number of alkyl halides is 1. The Morgan fingerprint density at radius 2 is 2.06 bits per heavy atom. The van der Waals surface area contributed by atoms with Crippen LogP contribution < -0.4 is 0 Å². The van der Waals surface area contributed by atoms with Crippen LogP contribution in [0.15, 0.2) is 30.3 Å². The number of nitrogens with zero attached hydrogens (tertiary/aromatic N) is 1. The van der Waals surface area contributed by atoms with Crippen molar-refractivity contribution >= 4 is 22.6 Å². The molecule has 2 atom stereocenters. The van der Waals surface area contributed by atoms with Gasteiger partial charge in [0.05, 0.1) is 0 Å². The van der Waals surface area contributed by atoms with Crippen molar-refractivity contribution in [1.82, 2.24) is 4.90 Å². The molecule has 0 saturated carbocycles. The van der Waals surface area contributed by atoms with Gasteiger partial charge in [0.25, 0.3) is 0 Å². The fourth-order valence-corrected chi connectivity index (χ4v) is 3.57. The van der Waals surface area contributed by atoms with Gasteiger partial charge in [-0.05, 0) is 31.9 Å². The second-order valence-corrected chi connectivity index (χ2v) is 5.51. The molecule has 1 aromatic carbocycles. The zero-order chi connectivity index (χ0) is 11.4. The van der Waals surface area contributed by atoms with Crippen LogP contribution in [0.3, 0.4) is 0 Å². The number of halogens is 1. The van der Waals surface area contributed by atoms with Gasteiger partial charge in [0.1, 0.15) is 0 Å². The first kappa shape index (κ1) is 12.4. The summed E-state index contributed by atoms with van der Waals surface area (Å²) in [6.07, 6.45) is 4.15. The highest BCUT2D eigenvalue weighted by Crippen LogP contribution is 2.28. The Morgan fingerprint density at radius 3 is 2.75 bits per heavy atom. The number of hydrogen-bond donors (Lipinski definition) is 0. The van der Waals surface area contributed by atoms with Crippen LogP contribution in [-0.2, 0) is 0 Å². The number of hydrogen-bond acceptors (Lipinski definition) is 1. The Labute approximate surface area is 112 Å². The van der Waals surface area contributed by atoms with Crippen LogP contribution in [0.1, 0.15) is 37.8 Å². The summed E-state index contributed by atoms with van der Waals surface area (Å²) in [4.78, 5) is 2.69. The molecule has 16 heavy (non-hydrogen) atoms. The minimum Gasteiger partial charge on any atom is -0.293 e. The molecule has 1 unspecified atom stereocenters. The van der Waals surface area contributed by atoms with E-state index in [2.05, 4.69) is 64.7 Å². The van der Waals surface area contributed by atoms with Crippen LogP contribution >= 0.6 is 22.6 Å². The predicted molar refractivity (Wildman–Crippen MR) is 78.1 cm³/mol. The molecule has 1 aliphatic rings. The van der Waals surface area contributed by atoms with Gasteiger partial charge in [-0.25, -0.2) is 0 Å². The number of benzene rings is 1. The predicted octanol–water partition coefficient (Wildman–Crippen LogP) is 4.04. The number of piperidine rings is 1. The van der Waals surface area contributed by atoms with Crippen molar-refractivity contribution in [2.45, 2.75) is 38.3 Å². The van der Waals surface area contributed by atoms with Crippen LogP contribution in [0.25, 0.3) is 0 Å². The summed E-state index contributed by atoms with van der Waals surface area (Å²) in [5.41, 5.74) is 1.46. The third-order valence-corrected chi connectivity index (χ3v) is 4.65. The molecule has 2 rings (SSSR count). The van der Waals surface area contributed by atoms with E-state index in [4.69, 9.17) is 0 Å². The Kier molecular flexibility index (Phi) is 4.65. The van der Waals surface area contributed by atoms with Gasteiger partial charge in [-0.15, -0.1) is 0 Å². The van der Waals surface area contributed by atoms with Gasteiger partial charge in [-0.3, -0.25) is 4.90 Å². The summed E-state index contributed by atoms with van der Waals surface area (Å²) in [5.74, 6) is 0. The summed E-state index contributed by atoms with van der Waals surface area (Å²) in [6.45, 7) is 3.61. The average molecular weight is 329 g/mol. The molecule has 0 bridgehead atoms. The van der Waals surface area contributed by atoms with E-state index < -0.39 is 0 Å². The molecule has 88 valence electrons. The lowest BCUT2D eigenvalue weighted by molar-refractivity contribution is 0.119. The smallest absolute Gasteiger partial charge is 0.0323 e. The minimum atomic E-state index is 0.571. The van der Waals surface area contributed by atoms with Crippen LogP contribution in [0, 0.1) is 0 Å². The van der Waals surface area contributed by atoms with Crippen LogP contribution in [-0.4, -0.2) is 21.9 Å². The first-order chi connectivity index (χ1) is 7.83. The second kappa shape index (κ2) is 6.01. The van der Waals surface area contributed by atoms with Crippen molar-refractivity contribution in [3.63, 3.8) is 0 Å². The molecular weight excluding hydrogens is 309 g/mol. The van der Waals surface area contributed by atoms with Crippen molar-refractivity contribution < 1.29 is 0 Å². The van der Waals surface area contributed by atoms with E-state index in [0.29, 0.717) is 6.04 Å². The van der Waals surface area contributed by atoms with Gasteiger partial charge in [0.15, 0.2) is 0 Å². The van der Waals surface area contributed by atoms with Gasteiger partial charge in [0.2, 0.25) is 0 Å². The summed E-state index contributed by atoms with van der Waals surface area (Å²) < 4.78 is 1.26. The molecule has 1 nitrogen and oxygen atoms in total. The summed E-state index contributed by atoms with van der Waals surface area (Å²) in [5, 5.41) is 0. The molecule has 1 saturated heterocycles. The maximum atomic E-state index is 2.69. The number of rotatable bonds is 3. The standard InChI is InChI=1S/C14H20IN/c1-12(13-7-3-2-4-8-13)16-10-6-5-9-14(16)11-15/h2-4,7-8,12,14H,5-6,9-11H2,1H3/t12?,14-/m1/s1. The molecule has 1 aromatic rings. The van der Waals surface area contributed by atoms with Gasteiger partial charge in [-0.1, -0.05) is 59.3 Å². The van der Waals surface area contributed by atoms with E-state index in [1.165, 1.54) is 35.8 Å². The highest BCUT2D eigenvalue weighted by Gasteiger charge is 2.26. The Bertz CT molecular complexity index is 312. The molecular formula is C14H20IN. The zero-order valence-corrected chi connectivity index (χ0v) is 12.1. The van der Waals surface area contributed by atoms with E-state index in [1.807, 2.05) is 0 Å². The van der Waals surface area contributed by atoms with Crippen molar-refractivity contribution in [2.75, 3.05) is 11.0 Å². The molecule has 0 radical (unpaired) electrons. The van der Waals surface area contributed by atoms with E-state index in [9.17, 15) is 0 Å². The fraction of sp³-hybridized carbons (Fsp3) is 0.571. The first-order valence-corrected chi connectivity index (χ1v) is 7.72. The summed E-state index contributed by atoms with van der Waals surface area (Å²) >= 11 is 2.53. The van der Waals surface area contributed by atoms with Gasteiger partial charge >= 0.3 is 0 Å². The monoisotopic (exact) mass is 329 g/mol. The average Bonchev–Trinajstić information content (AvgIpc) is 2.39. The molecule has 0 N–H and O–H groups in total. The lowest BCUT2D eigenvalue weighted by Crippen LogP contribution is -2.42. The normalized spacial score (nSPS) is 24.2. The van der Waals surface area contributed by atoms with Crippen molar-refractivity contribution in [3.8, 4) is 0 Å². The van der Waals surface area contributed by atoms with Crippen molar-refractivity contribution in [3.05, 3.63) is 35.9 Å². The molecule has 0 aromatic heterocycles. The molecule has 0 aliphatic carbocycles. The maximum absolute atomic E-state index is 2.69. The summed E-state index contributed by atoms with van der Waals surface area (Å²) in [6, 6.07) is 12.3. The fourth-order valence-electron chi connectivity index (χ4n) is 2.62. The molecule has 0 spiro atoms. The third-order valence-electron chi connectivity index (χ3n) is 3.63. The molecule has 1 fully saturated rings. The first-order valence-electron chi connectivity index (χ1n) is 6.19.